The van der Waals surface area contributed by atoms with Crippen LogP contribution < -0.4 is 0 Å². The summed E-state index contributed by atoms with van der Waals surface area (Å²) in [5.41, 5.74) is 0.448. The minimum absolute atomic E-state index is 0.0761. The van der Waals surface area contributed by atoms with Crippen molar-refractivity contribution in [1.29, 1.82) is 0 Å². The maximum absolute atomic E-state index is 12.9. The topological polar surface area (TPSA) is 66.9 Å². The molecule has 1 saturated carbocycles. The third kappa shape index (κ3) is 4.40. The Bertz CT molecular complexity index is 710. The third-order valence-corrected chi connectivity index (χ3v) is 6.54. The van der Waals surface area contributed by atoms with Crippen molar-refractivity contribution in [2.75, 3.05) is 39.4 Å². The second kappa shape index (κ2) is 7.85. The Hall–Kier alpha value is -1.44. The van der Waals surface area contributed by atoms with Gasteiger partial charge in [-0.05, 0) is 43.4 Å². The van der Waals surface area contributed by atoms with Crippen molar-refractivity contribution in [1.82, 2.24) is 9.21 Å². The quantitative estimate of drug-likeness (QED) is 0.740. The number of hydrogen-bond acceptors (Lipinski definition) is 4. The molecule has 138 valence electrons. The fraction of sp³-hybridized carbons (Fsp3) is 0.611. The Labute approximate surface area is 149 Å². The number of sulfonamides is 1. The van der Waals surface area contributed by atoms with Crippen molar-refractivity contribution in [2.24, 2.45) is 5.92 Å². The molecule has 7 heteroatoms. The number of amides is 1. The second-order valence-corrected chi connectivity index (χ2v) is 8.68. The van der Waals surface area contributed by atoms with E-state index in [1.54, 1.807) is 18.2 Å². The molecule has 0 spiro atoms. The van der Waals surface area contributed by atoms with Crippen molar-refractivity contribution in [2.45, 2.75) is 31.1 Å². The Morgan fingerprint density at radius 1 is 1.28 bits per heavy atom. The van der Waals surface area contributed by atoms with Gasteiger partial charge in [-0.25, -0.2) is 8.42 Å². The highest BCUT2D eigenvalue weighted by molar-refractivity contribution is 7.89. The van der Waals surface area contributed by atoms with E-state index in [4.69, 9.17) is 4.74 Å². The first-order chi connectivity index (χ1) is 12.0. The summed E-state index contributed by atoms with van der Waals surface area (Å²) in [6.45, 7) is 5.04. The predicted octanol–water partition coefficient (Wildman–Crippen LogP) is 1.97. The van der Waals surface area contributed by atoms with Crippen molar-refractivity contribution in [3.05, 3.63) is 29.8 Å². The van der Waals surface area contributed by atoms with E-state index in [-0.39, 0.29) is 10.8 Å². The minimum atomic E-state index is -3.58. The summed E-state index contributed by atoms with van der Waals surface area (Å²) in [7, 11) is -3.58. The summed E-state index contributed by atoms with van der Waals surface area (Å²) in [5, 5.41) is 0. The van der Waals surface area contributed by atoms with E-state index in [2.05, 4.69) is 0 Å². The van der Waals surface area contributed by atoms with Gasteiger partial charge in [0.25, 0.3) is 5.91 Å². The summed E-state index contributed by atoms with van der Waals surface area (Å²) < 4.78 is 32.2. The summed E-state index contributed by atoms with van der Waals surface area (Å²) >= 11 is 0. The summed E-state index contributed by atoms with van der Waals surface area (Å²) in [5.74, 6) is 0.531. The molecule has 25 heavy (non-hydrogen) atoms. The summed E-state index contributed by atoms with van der Waals surface area (Å²) in [6, 6.07) is 6.44. The molecule has 0 atom stereocenters. The monoisotopic (exact) mass is 366 g/mol. The highest BCUT2D eigenvalue weighted by Crippen LogP contribution is 2.30. The average molecular weight is 366 g/mol. The zero-order valence-electron chi connectivity index (χ0n) is 14.7. The Morgan fingerprint density at radius 2 is 2.00 bits per heavy atom. The van der Waals surface area contributed by atoms with Crippen molar-refractivity contribution < 1.29 is 17.9 Å². The van der Waals surface area contributed by atoms with Gasteiger partial charge in [-0.1, -0.05) is 13.0 Å². The van der Waals surface area contributed by atoms with E-state index in [0.29, 0.717) is 44.3 Å². The fourth-order valence-electron chi connectivity index (χ4n) is 3.07. The van der Waals surface area contributed by atoms with Crippen LogP contribution in [0.4, 0.5) is 0 Å². The van der Waals surface area contributed by atoms with Gasteiger partial charge in [0.1, 0.15) is 0 Å². The zero-order valence-corrected chi connectivity index (χ0v) is 15.5. The number of carbonyl (C=O) groups excluding carboxylic acids is 1. The zero-order chi connectivity index (χ0) is 17.9. The molecule has 0 aromatic heterocycles. The highest BCUT2D eigenvalue weighted by Gasteiger charge is 2.29. The molecule has 0 unspecified atom stereocenters. The van der Waals surface area contributed by atoms with Crippen LogP contribution in [-0.4, -0.2) is 62.9 Å². The SMILES string of the molecule is CCCN(CC1CC1)C(=O)c1cccc(S(=O)(=O)N2CCOCC2)c1. The van der Waals surface area contributed by atoms with Crippen LogP contribution in [0.3, 0.4) is 0 Å². The minimum Gasteiger partial charge on any atom is -0.379 e. The average Bonchev–Trinajstić information content (AvgIpc) is 3.46. The number of benzene rings is 1. The summed E-state index contributed by atoms with van der Waals surface area (Å²) in [4.78, 5) is 14.9. The molecular weight excluding hydrogens is 340 g/mol. The highest BCUT2D eigenvalue weighted by atomic mass is 32.2. The van der Waals surface area contributed by atoms with Crippen LogP contribution in [0.25, 0.3) is 0 Å². The molecule has 1 aromatic rings. The summed E-state index contributed by atoms with van der Waals surface area (Å²) in [6.07, 6.45) is 3.25. The van der Waals surface area contributed by atoms with Crippen molar-refractivity contribution >= 4 is 15.9 Å². The lowest BCUT2D eigenvalue weighted by Gasteiger charge is -2.26. The molecule has 1 heterocycles. The number of morpholine rings is 1. The normalized spacial score (nSPS) is 18.9. The van der Waals surface area contributed by atoms with Crippen LogP contribution in [0.2, 0.25) is 0 Å². The van der Waals surface area contributed by atoms with E-state index in [9.17, 15) is 13.2 Å². The lowest BCUT2D eigenvalue weighted by Crippen LogP contribution is -2.40. The van der Waals surface area contributed by atoms with Gasteiger partial charge < -0.3 is 9.64 Å². The number of hydrogen-bond donors (Lipinski definition) is 0. The number of carbonyl (C=O) groups is 1. The second-order valence-electron chi connectivity index (χ2n) is 6.74. The van der Waals surface area contributed by atoms with Crippen molar-refractivity contribution in [3.63, 3.8) is 0 Å². The van der Waals surface area contributed by atoms with Gasteiger partial charge in [0.15, 0.2) is 0 Å². The van der Waals surface area contributed by atoms with Gasteiger partial charge in [-0.3, -0.25) is 4.79 Å². The fourth-order valence-corrected chi connectivity index (χ4v) is 4.52. The molecule has 3 rings (SSSR count). The lowest BCUT2D eigenvalue weighted by atomic mass is 10.2. The molecule has 2 fully saturated rings. The Kier molecular flexibility index (Phi) is 5.76. The number of ether oxygens (including phenoxy) is 1. The molecule has 2 aliphatic rings. The van der Waals surface area contributed by atoms with Gasteiger partial charge in [-0.15, -0.1) is 0 Å². The van der Waals surface area contributed by atoms with E-state index in [1.807, 2.05) is 11.8 Å². The molecule has 6 nitrogen and oxygen atoms in total. The first-order valence-corrected chi connectivity index (χ1v) is 10.4. The standard InChI is InChI=1S/C18H26N2O4S/c1-2-8-19(14-15-6-7-15)18(21)16-4-3-5-17(13-16)25(22,23)20-9-11-24-12-10-20/h3-5,13,15H,2,6-12,14H2,1H3. The molecule has 0 bridgehead atoms. The van der Waals surface area contributed by atoms with Crippen LogP contribution in [0.1, 0.15) is 36.5 Å². The molecule has 0 N–H and O–H groups in total. The Balaban J connectivity index is 1.80. The first-order valence-electron chi connectivity index (χ1n) is 8.99. The van der Waals surface area contributed by atoms with E-state index >= 15 is 0 Å². The lowest BCUT2D eigenvalue weighted by molar-refractivity contribution is 0.0729. The van der Waals surface area contributed by atoms with E-state index in [0.717, 1.165) is 13.0 Å². The van der Waals surface area contributed by atoms with Gasteiger partial charge in [-0.2, -0.15) is 4.31 Å². The molecule has 0 radical (unpaired) electrons. The van der Waals surface area contributed by atoms with Crippen LogP contribution >= 0.6 is 0 Å². The van der Waals surface area contributed by atoms with E-state index in [1.165, 1.54) is 23.2 Å². The molecule has 1 aromatic carbocycles. The van der Waals surface area contributed by atoms with Gasteiger partial charge >= 0.3 is 0 Å². The van der Waals surface area contributed by atoms with Crippen molar-refractivity contribution in [3.8, 4) is 0 Å². The van der Waals surface area contributed by atoms with E-state index < -0.39 is 10.0 Å². The molecule has 1 aliphatic carbocycles. The van der Waals surface area contributed by atoms with Gasteiger partial charge in [0.05, 0.1) is 18.1 Å². The van der Waals surface area contributed by atoms with Crippen LogP contribution in [0.5, 0.6) is 0 Å². The predicted molar refractivity (Wildman–Crippen MR) is 94.9 cm³/mol. The van der Waals surface area contributed by atoms with Crippen LogP contribution in [-0.2, 0) is 14.8 Å². The van der Waals surface area contributed by atoms with Crippen LogP contribution in [0, 0.1) is 5.92 Å². The van der Waals surface area contributed by atoms with Gasteiger partial charge in [0.2, 0.25) is 10.0 Å². The molecule has 1 saturated heterocycles. The maximum Gasteiger partial charge on any atom is 0.253 e. The molecular formula is C18H26N2O4S. The van der Waals surface area contributed by atoms with Crippen LogP contribution in [0.15, 0.2) is 29.2 Å². The maximum atomic E-state index is 12.9. The largest absolute Gasteiger partial charge is 0.379 e. The first kappa shape index (κ1) is 18.4. The smallest absolute Gasteiger partial charge is 0.253 e. The number of nitrogens with zero attached hydrogens (tertiary/aromatic N) is 2. The third-order valence-electron chi connectivity index (χ3n) is 4.65. The number of rotatable bonds is 7. The van der Waals surface area contributed by atoms with Gasteiger partial charge in [0, 0.05) is 31.7 Å². The molecule has 1 aliphatic heterocycles. The Morgan fingerprint density at radius 3 is 2.64 bits per heavy atom. The molecule has 1 amide bonds.